The summed E-state index contributed by atoms with van der Waals surface area (Å²) in [4.78, 5) is 4.52. The van der Waals surface area contributed by atoms with Gasteiger partial charge in [-0.3, -0.25) is 0 Å². The van der Waals surface area contributed by atoms with Gasteiger partial charge in [0.1, 0.15) is 0 Å². The summed E-state index contributed by atoms with van der Waals surface area (Å²) in [6, 6.07) is 0. The Morgan fingerprint density at radius 1 is 1.33 bits per heavy atom. The van der Waals surface area contributed by atoms with Gasteiger partial charge >= 0.3 is 0 Å². The standard InChI is InChI=1S/C13H23N3O.ClH/c1-3-9-13(2,14)12-15-11(16-17-12)10-7-5-4-6-8-10;/h10H,3-9,14H2,1-2H3;1H. The van der Waals surface area contributed by atoms with Gasteiger partial charge in [-0.05, 0) is 26.2 Å². The summed E-state index contributed by atoms with van der Waals surface area (Å²) in [5.74, 6) is 1.95. The molecule has 0 amide bonds. The summed E-state index contributed by atoms with van der Waals surface area (Å²) >= 11 is 0. The van der Waals surface area contributed by atoms with Crippen molar-refractivity contribution in [1.82, 2.24) is 10.1 Å². The molecule has 0 aliphatic heterocycles. The Bertz CT molecular complexity index is 359. The van der Waals surface area contributed by atoms with Gasteiger partial charge in [-0.15, -0.1) is 12.4 Å². The fourth-order valence-electron chi connectivity index (χ4n) is 2.62. The molecule has 0 spiro atoms. The largest absolute Gasteiger partial charge is 0.337 e. The van der Waals surface area contributed by atoms with Crippen LogP contribution >= 0.6 is 12.4 Å². The first kappa shape index (κ1) is 15.4. The predicted octanol–water partition coefficient (Wildman–Crippen LogP) is 3.51. The molecule has 5 heteroatoms. The van der Waals surface area contributed by atoms with E-state index in [0.717, 1.165) is 18.7 Å². The van der Waals surface area contributed by atoms with Crippen molar-refractivity contribution in [2.45, 2.75) is 70.3 Å². The Kier molecular flexibility index (Phi) is 5.60. The summed E-state index contributed by atoms with van der Waals surface area (Å²) in [6.07, 6.45) is 8.17. The van der Waals surface area contributed by atoms with Crippen LogP contribution in [0, 0.1) is 0 Å². The predicted molar refractivity (Wildman–Crippen MR) is 73.8 cm³/mol. The van der Waals surface area contributed by atoms with Gasteiger partial charge in [-0.25, -0.2) is 0 Å². The van der Waals surface area contributed by atoms with E-state index in [-0.39, 0.29) is 12.4 Å². The van der Waals surface area contributed by atoms with E-state index in [1.54, 1.807) is 0 Å². The molecule has 2 N–H and O–H groups in total. The van der Waals surface area contributed by atoms with E-state index in [2.05, 4.69) is 17.1 Å². The van der Waals surface area contributed by atoms with Crippen molar-refractivity contribution < 1.29 is 4.52 Å². The van der Waals surface area contributed by atoms with E-state index in [0.29, 0.717) is 11.8 Å². The zero-order valence-electron chi connectivity index (χ0n) is 11.3. The quantitative estimate of drug-likeness (QED) is 0.912. The monoisotopic (exact) mass is 273 g/mol. The maximum absolute atomic E-state index is 6.20. The third-order valence-corrected chi connectivity index (χ3v) is 3.67. The van der Waals surface area contributed by atoms with Gasteiger partial charge in [-0.2, -0.15) is 4.98 Å². The molecule has 0 radical (unpaired) electrons. The molecule has 2 rings (SSSR count). The molecule has 0 saturated heterocycles. The molecule has 1 heterocycles. The molecule has 0 aromatic carbocycles. The molecule has 1 aromatic rings. The summed E-state index contributed by atoms with van der Waals surface area (Å²) in [5.41, 5.74) is 5.72. The van der Waals surface area contributed by atoms with Crippen LogP contribution in [0.2, 0.25) is 0 Å². The lowest BCUT2D eigenvalue weighted by Crippen LogP contribution is -2.33. The van der Waals surface area contributed by atoms with E-state index in [4.69, 9.17) is 10.3 Å². The van der Waals surface area contributed by atoms with Crippen LogP contribution in [0.1, 0.15) is 76.4 Å². The Balaban J connectivity index is 0.00000162. The highest BCUT2D eigenvalue weighted by Gasteiger charge is 2.29. The van der Waals surface area contributed by atoms with Gasteiger partial charge in [0.2, 0.25) is 5.89 Å². The normalized spacial score (nSPS) is 20.2. The van der Waals surface area contributed by atoms with Crippen LogP contribution in [0.5, 0.6) is 0 Å². The van der Waals surface area contributed by atoms with Crippen LogP contribution < -0.4 is 5.73 Å². The van der Waals surface area contributed by atoms with Gasteiger partial charge in [0.05, 0.1) is 5.54 Å². The first-order valence-electron chi connectivity index (χ1n) is 6.76. The lowest BCUT2D eigenvalue weighted by molar-refractivity contribution is 0.280. The zero-order chi connectivity index (χ0) is 12.3. The van der Waals surface area contributed by atoms with Gasteiger partial charge in [0, 0.05) is 5.92 Å². The lowest BCUT2D eigenvalue weighted by atomic mass is 9.89. The molecule has 0 bridgehead atoms. The summed E-state index contributed by atoms with van der Waals surface area (Å²) < 4.78 is 5.35. The molecular weight excluding hydrogens is 250 g/mol. The Morgan fingerprint density at radius 2 is 2.00 bits per heavy atom. The molecule has 1 aliphatic rings. The fourth-order valence-corrected chi connectivity index (χ4v) is 2.62. The fraction of sp³-hybridized carbons (Fsp3) is 0.846. The molecule has 1 aliphatic carbocycles. The summed E-state index contributed by atoms with van der Waals surface area (Å²) in [5, 5.41) is 4.12. The average Bonchev–Trinajstić information content (AvgIpc) is 2.80. The molecule has 1 fully saturated rings. The highest BCUT2D eigenvalue weighted by molar-refractivity contribution is 5.85. The van der Waals surface area contributed by atoms with Crippen molar-refractivity contribution in [2.75, 3.05) is 0 Å². The van der Waals surface area contributed by atoms with E-state index in [1.807, 2.05) is 6.92 Å². The van der Waals surface area contributed by atoms with Crippen LogP contribution in [0.4, 0.5) is 0 Å². The number of rotatable bonds is 4. The topological polar surface area (TPSA) is 64.9 Å². The average molecular weight is 274 g/mol. The second-order valence-electron chi connectivity index (χ2n) is 5.46. The van der Waals surface area contributed by atoms with E-state index in [1.165, 1.54) is 32.1 Å². The van der Waals surface area contributed by atoms with E-state index < -0.39 is 5.54 Å². The highest BCUT2D eigenvalue weighted by atomic mass is 35.5. The lowest BCUT2D eigenvalue weighted by Gasteiger charge is -2.19. The number of nitrogens with two attached hydrogens (primary N) is 1. The van der Waals surface area contributed by atoms with E-state index >= 15 is 0 Å². The van der Waals surface area contributed by atoms with Crippen molar-refractivity contribution in [1.29, 1.82) is 0 Å². The van der Waals surface area contributed by atoms with E-state index in [9.17, 15) is 0 Å². The van der Waals surface area contributed by atoms with Crippen molar-refractivity contribution in [3.63, 3.8) is 0 Å². The molecular formula is C13H24ClN3O. The Morgan fingerprint density at radius 3 is 2.61 bits per heavy atom. The van der Waals surface area contributed by atoms with Gasteiger partial charge in [-0.1, -0.05) is 37.8 Å². The molecule has 1 atom stereocenters. The highest BCUT2D eigenvalue weighted by Crippen LogP contribution is 2.32. The number of halogens is 1. The second kappa shape index (κ2) is 6.53. The van der Waals surface area contributed by atoms with Crippen LogP contribution in [-0.4, -0.2) is 10.1 Å². The molecule has 1 unspecified atom stereocenters. The van der Waals surface area contributed by atoms with Crippen molar-refractivity contribution >= 4 is 12.4 Å². The zero-order valence-corrected chi connectivity index (χ0v) is 12.1. The number of nitrogens with zero attached hydrogens (tertiary/aromatic N) is 2. The summed E-state index contributed by atoms with van der Waals surface area (Å²) in [6.45, 7) is 4.08. The van der Waals surface area contributed by atoms with Gasteiger partial charge in [0.25, 0.3) is 0 Å². The second-order valence-corrected chi connectivity index (χ2v) is 5.46. The minimum atomic E-state index is -0.478. The van der Waals surface area contributed by atoms with Crippen LogP contribution in [0.15, 0.2) is 4.52 Å². The molecule has 18 heavy (non-hydrogen) atoms. The summed E-state index contributed by atoms with van der Waals surface area (Å²) in [7, 11) is 0. The third kappa shape index (κ3) is 3.45. The first-order chi connectivity index (χ1) is 8.13. The molecule has 4 nitrogen and oxygen atoms in total. The van der Waals surface area contributed by atoms with Gasteiger partial charge in [0.15, 0.2) is 5.82 Å². The molecule has 1 aromatic heterocycles. The maximum Gasteiger partial charge on any atom is 0.246 e. The number of hydrogen-bond donors (Lipinski definition) is 1. The van der Waals surface area contributed by atoms with Gasteiger partial charge < -0.3 is 10.3 Å². The van der Waals surface area contributed by atoms with Crippen LogP contribution in [0.3, 0.4) is 0 Å². The molecule has 104 valence electrons. The Hall–Kier alpha value is -0.610. The number of aromatic nitrogens is 2. The molecule has 1 saturated carbocycles. The van der Waals surface area contributed by atoms with Crippen molar-refractivity contribution in [3.8, 4) is 0 Å². The van der Waals surface area contributed by atoms with Crippen molar-refractivity contribution in [2.24, 2.45) is 5.73 Å². The minimum Gasteiger partial charge on any atom is -0.337 e. The van der Waals surface area contributed by atoms with Crippen LogP contribution in [-0.2, 0) is 5.54 Å². The Labute approximate surface area is 115 Å². The van der Waals surface area contributed by atoms with Crippen LogP contribution in [0.25, 0.3) is 0 Å². The smallest absolute Gasteiger partial charge is 0.246 e. The third-order valence-electron chi connectivity index (χ3n) is 3.67. The number of hydrogen-bond acceptors (Lipinski definition) is 4. The maximum atomic E-state index is 6.20. The SMILES string of the molecule is CCCC(C)(N)c1nc(C2CCCCC2)no1.Cl. The van der Waals surface area contributed by atoms with Crippen molar-refractivity contribution in [3.05, 3.63) is 11.7 Å². The minimum absolute atomic E-state index is 0. The first-order valence-corrected chi connectivity index (χ1v) is 6.76.